The van der Waals surface area contributed by atoms with Gasteiger partial charge in [-0.05, 0) is 38.0 Å². The second kappa shape index (κ2) is 7.96. The summed E-state index contributed by atoms with van der Waals surface area (Å²) in [6.45, 7) is 2.24. The standard InChI is InChI=1S/C16H20ClN3O2/c1-11(5-4-8-21)20-13-9-15(17)19-10-12(13)16-14(22-2)6-3-7-18-16/h3,6-7,9-11,21H,4-5,8H2,1-2H3,(H,19,20). The van der Waals surface area contributed by atoms with E-state index in [0.29, 0.717) is 16.6 Å². The Hall–Kier alpha value is -1.85. The number of aliphatic hydroxyl groups excluding tert-OH is 1. The Bertz CT molecular complexity index is 622. The number of anilines is 1. The number of rotatable bonds is 7. The van der Waals surface area contributed by atoms with Crippen LogP contribution in [0.15, 0.2) is 30.6 Å². The number of nitrogens with one attached hydrogen (secondary N) is 1. The predicted molar refractivity (Wildman–Crippen MR) is 88.4 cm³/mol. The topological polar surface area (TPSA) is 67.3 Å². The van der Waals surface area contributed by atoms with Crippen LogP contribution in [-0.4, -0.2) is 34.8 Å². The third kappa shape index (κ3) is 4.08. The first-order chi connectivity index (χ1) is 10.7. The molecule has 0 aliphatic rings. The van der Waals surface area contributed by atoms with Gasteiger partial charge in [0.25, 0.3) is 0 Å². The Kier molecular flexibility index (Phi) is 5.98. The van der Waals surface area contributed by atoms with E-state index in [-0.39, 0.29) is 12.6 Å². The van der Waals surface area contributed by atoms with Gasteiger partial charge in [0, 0.05) is 36.3 Å². The zero-order valence-electron chi connectivity index (χ0n) is 12.7. The molecule has 2 aromatic rings. The van der Waals surface area contributed by atoms with Crippen molar-refractivity contribution < 1.29 is 9.84 Å². The number of aromatic nitrogens is 2. The van der Waals surface area contributed by atoms with E-state index < -0.39 is 0 Å². The molecule has 0 aromatic carbocycles. The molecule has 0 amide bonds. The highest BCUT2D eigenvalue weighted by Crippen LogP contribution is 2.34. The lowest BCUT2D eigenvalue weighted by molar-refractivity contribution is 0.282. The Morgan fingerprint density at radius 2 is 2.23 bits per heavy atom. The molecule has 0 radical (unpaired) electrons. The van der Waals surface area contributed by atoms with Crippen LogP contribution in [0.25, 0.3) is 11.3 Å². The molecule has 0 bridgehead atoms. The number of pyridine rings is 2. The Balaban J connectivity index is 2.35. The van der Waals surface area contributed by atoms with Crippen LogP contribution < -0.4 is 10.1 Å². The first-order valence-electron chi connectivity index (χ1n) is 7.18. The third-order valence-electron chi connectivity index (χ3n) is 3.31. The number of hydrogen-bond donors (Lipinski definition) is 2. The molecular weight excluding hydrogens is 302 g/mol. The predicted octanol–water partition coefficient (Wildman–Crippen LogP) is 3.38. The minimum atomic E-state index is 0.185. The number of aliphatic hydroxyl groups is 1. The largest absolute Gasteiger partial charge is 0.494 e. The normalized spacial score (nSPS) is 12.0. The molecule has 0 aliphatic heterocycles. The van der Waals surface area contributed by atoms with Gasteiger partial charge in [-0.2, -0.15) is 0 Å². The van der Waals surface area contributed by atoms with Crippen LogP contribution in [0, 0.1) is 0 Å². The molecule has 0 aliphatic carbocycles. The fourth-order valence-corrected chi connectivity index (χ4v) is 2.39. The van der Waals surface area contributed by atoms with E-state index in [2.05, 4.69) is 22.2 Å². The summed E-state index contributed by atoms with van der Waals surface area (Å²) in [6, 6.07) is 5.65. The summed E-state index contributed by atoms with van der Waals surface area (Å²) in [4.78, 5) is 8.54. The lowest BCUT2D eigenvalue weighted by Crippen LogP contribution is -2.16. The van der Waals surface area contributed by atoms with Crippen molar-refractivity contribution in [2.45, 2.75) is 25.8 Å². The molecule has 2 N–H and O–H groups in total. The van der Waals surface area contributed by atoms with Crippen LogP contribution in [0.3, 0.4) is 0 Å². The van der Waals surface area contributed by atoms with Gasteiger partial charge >= 0.3 is 0 Å². The molecule has 2 aromatic heterocycles. The Morgan fingerprint density at radius 3 is 2.95 bits per heavy atom. The third-order valence-corrected chi connectivity index (χ3v) is 3.52. The van der Waals surface area contributed by atoms with Gasteiger partial charge in [0.15, 0.2) is 0 Å². The molecule has 0 saturated carbocycles. The molecule has 0 spiro atoms. The van der Waals surface area contributed by atoms with E-state index in [1.54, 1.807) is 25.6 Å². The first kappa shape index (κ1) is 16.5. The summed E-state index contributed by atoms with van der Waals surface area (Å²) in [5.74, 6) is 0.678. The molecule has 1 atom stereocenters. The smallest absolute Gasteiger partial charge is 0.145 e. The molecule has 118 valence electrons. The van der Waals surface area contributed by atoms with Gasteiger partial charge in [-0.15, -0.1) is 0 Å². The molecule has 0 saturated heterocycles. The fraction of sp³-hybridized carbons (Fsp3) is 0.375. The van der Waals surface area contributed by atoms with Crippen molar-refractivity contribution in [1.82, 2.24) is 9.97 Å². The van der Waals surface area contributed by atoms with E-state index in [1.165, 1.54) is 0 Å². The quantitative estimate of drug-likeness (QED) is 0.765. The number of ether oxygens (including phenoxy) is 1. The second-order valence-electron chi connectivity index (χ2n) is 5.02. The van der Waals surface area contributed by atoms with Crippen LogP contribution in [0.1, 0.15) is 19.8 Å². The molecule has 22 heavy (non-hydrogen) atoms. The summed E-state index contributed by atoms with van der Waals surface area (Å²) >= 11 is 6.02. The van der Waals surface area contributed by atoms with Crippen LogP contribution in [-0.2, 0) is 0 Å². The maximum absolute atomic E-state index is 8.94. The van der Waals surface area contributed by atoms with Crippen molar-refractivity contribution in [3.05, 3.63) is 35.7 Å². The highest BCUT2D eigenvalue weighted by Gasteiger charge is 2.14. The second-order valence-corrected chi connectivity index (χ2v) is 5.41. The lowest BCUT2D eigenvalue weighted by Gasteiger charge is -2.18. The SMILES string of the molecule is COc1cccnc1-c1cnc(Cl)cc1NC(C)CCCO. The van der Waals surface area contributed by atoms with Crippen LogP contribution in [0.5, 0.6) is 5.75 Å². The van der Waals surface area contributed by atoms with Gasteiger partial charge in [-0.25, -0.2) is 4.98 Å². The Labute approximate surface area is 135 Å². The minimum Gasteiger partial charge on any atom is -0.494 e. The van der Waals surface area contributed by atoms with Crippen molar-refractivity contribution in [2.24, 2.45) is 0 Å². The zero-order chi connectivity index (χ0) is 15.9. The minimum absolute atomic E-state index is 0.185. The number of methoxy groups -OCH3 is 1. The van der Waals surface area contributed by atoms with E-state index in [0.717, 1.165) is 24.1 Å². The summed E-state index contributed by atoms with van der Waals surface area (Å²) in [5.41, 5.74) is 2.39. The van der Waals surface area contributed by atoms with E-state index in [1.807, 2.05) is 12.1 Å². The number of halogens is 1. The van der Waals surface area contributed by atoms with E-state index >= 15 is 0 Å². The number of nitrogens with zero attached hydrogens (tertiary/aromatic N) is 2. The molecule has 2 heterocycles. The van der Waals surface area contributed by atoms with Crippen LogP contribution in [0.4, 0.5) is 5.69 Å². The van der Waals surface area contributed by atoms with Crippen LogP contribution >= 0.6 is 11.6 Å². The summed E-state index contributed by atoms with van der Waals surface area (Å²) < 4.78 is 5.37. The molecule has 5 nitrogen and oxygen atoms in total. The summed E-state index contributed by atoms with van der Waals surface area (Å²) in [6.07, 6.45) is 5.00. The van der Waals surface area contributed by atoms with Crippen molar-refractivity contribution in [3.8, 4) is 17.0 Å². The van der Waals surface area contributed by atoms with Gasteiger partial charge in [-0.1, -0.05) is 11.6 Å². The Morgan fingerprint density at radius 1 is 1.41 bits per heavy atom. The van der Waals surface area contributed by atoms with Crippen LogP contribution in [0.2, 0.25) is 5.15 Å². The molecule has 2 rings (SSSR count). The van der Waals surface area contributed by atoms with Gasteiger partial charge in [0.1, 0.15) is 16.6 Å². The summed E-state index contributed by atoms with van der Waals surface area (Å²) in [5, 5.41) is 12.8. The summed E-state index contributed by atoms with van der Waals surface area (Å²) in [7, 11) is 1.61. The van der Waals surface area contributed by atoms with Crippen molar-refractivity contribution >= 4 is 17.3 Å². The van der Waals surface area contributed by atoms with Crippen molar-refractivity contribution in [2.75, 3.05) is 19.0 Å². The molecule has 0 fully saturated rings. The first-order valence-corrected chi connectivity index (χ1v) is 7.55. The average Bonchev–Trinajstić information content (AvgIpc) is 2.53. The monoisotopic (exact) mass is 321 g/mol. The maximum Gasteiger partial charge on any atom is 0.145 e. The maximum atomic E-state index is 8.94. The van der Waals surface area contributed by atoms with Gasteiger partial charge in [0.2, 0.25) is 0 Å². The highest BCUT2D eigenvalue weighted by atomic mass is 35.5. The average molecular weight is 322 g/mol. The highest BCUT2D eigenvalue weighted by molar-refractivity contribution is 6.29. The zero-order valence-corrected chi connectivity index (χ0v) is 13.5. The van der Waals surface area contributed by atoms with Gasteiger partial charge in [-0.3, -0.25) is 4.98 Å². The molecule has 1 unspecified atom stereocenters. The van der Waals surface area contributed by atoms with E-state index in [9.17, 15) is 0 Å². The van der Waals surface area contributed by atoms with E-state index in [4.69, 9.17) is 21.4 Å². The van der Waals surface area contributed by atoms with Gasteiger partial charge < -0.3 is 15.2 Å². The fourth-order valence-electron chi connectivity index (χ4n) is 2.23. The van der Waals surface area contributed by atoms with Crippen molar-refractivity contribution in [1.29, 1.82) is 0 Å². The lowest BCUT2D eigenvalue weighted by atomic mass is 10.1. The molecular formula is C16H20ClN3O2. The number of hydrogen-bond acceptors (Lipinski definition) is 5. The van der Waals surface area contributed by atoms with Crippen molar-refractivity contribution in [3.63, 3.8) is 0 Å². The molecule has 6 heteroatoms. The van der Waals surface area contributed by atoms with Gasteiger partial charge in [0.05, 0.1) is 7.11 Å².